The number of nitrogens with zero attached hydrogens (tertiary/aromatic N) is 2. The van der Waals surface area contributed by atoms with Crippen molar-refractivity contribution in [3.05, 3.63) is 38.9 Å². The molecule has 1 aromatic carbocycles. The van der Waals surface area contributed by atoms with E-state index >= 15 is 0 Å². The third-order valence-electron chi connectivity index (χ3n) is 1.78. The molecule has 7 heteroatoms. The zero-order chi connectivity index (χ0) is 12.3. The Kier molecular flexibility index (Phi) is 3.33. The molecule has 0 amide bonds. The maximum atomic E-state index is 10.9. The van der Waals surface area contributed by atoms with Crippen molar-refractivity contribution in [2.45, 2.75) is 0 Å². The van der Waals surface area contributed by atoms with Gasteiger partial charge in [0, 0.05) is 5.56 Å². The van der Waals surface area contributed by atoms with Crippen LogP contribution in [0.2, 0.25) is 0 Å². The minimum Gasteiger partial charge on any atom is -0.298 e. The Morgan fingerprint density at radius 1 is 1.56 bits per heavy atom. The quantitative estimate of drug-likeness (QED) is 0.345. The molecule has 0 N–H and O–H groups in total. The topological polar surface area (TPSA) is 101 Å². The van der Waals surface area contributed by atoms with E-state index in [2.05, 4.69) is 0 Å². The normalized spacial score (nSPS) is 9.25. The summed E-state index contributed by atoms with van der Waals surface area (Å²) in [6.45, 7) is 0. The molecular weight excluding hydrogens is 236 g/mol. The number of nitro groups is 1. The van der Waals surface area contributed by atoms with Crippen LogP contribution in [0.1, 0.15) is 26.3 Å². The van der Waals surface area contributed by atoms with Gasteiger partial charge in [-0.1, -0.05) is 0 Å². The minimum absolute atomic E-state index is 0.0221. The predicted molar refractivity (Wildman–Crippen MR) is 53.4 cm³/mol. The molecule has 0 heterocycles. The van der Waals surface area contributed by atoms with Crippen molar-refractivity contribution >= 4 is 28.8 Å². The van der Waals surface area contributed by atoms with Crippen LogP contribution in [0.3, 0.4) is 0 Å². The number of hydrogen-bond donors (Lipinski definition) is 0. The SMILES string of the molecule is N#Cc1cc(C=O)cc(C(=O)Cl)c1[N+](=O)[O-]. The number of carbonyl (C=O) groups excluding carboxylic acids is 2. The third-order valence-corrected chi connectivity index (χ3v) is 1.99. The van der Waals surface area contributed by atoms with Gasteiger partial charge in [0.25, 0.3) is 10.9 Å². The van der Waals surface area contributed by atoms with Crippen molar-refractivity contribution in [2.75, 3.05) is 0 Å². The predicted octanol–water partition coefficient (Wildman–Crippen LogP) is 1.66. The van der Waals surface area contributed by atoms with E-state index in [4.69, 9.17) is 16.9 Å². The van der Waals surface area contributed by atoms with E-state index in [0.717, 1.165) is 12.1 Å². The molecule has 1 rings (SSSR count). The van der Waals surface area contributed by atoms with E-state index in [9.17, 15) is 19.7 Å². The molecule has 0 fully saturated rings. The minimum atomic E-state index is -1.09. The van der Waals surface area contributed by atoms with Crippen molar-refractivity contribution < 1.29 is 14.5 Å². The molecule has 0 aromatic heterocycles. The smallest absolute Gasteiger partial charge is 0.298 e. The molecule has 0 spiro atoms. The Hall–Kier alpha value is -2.26. The summed E-state index contributed by atoms with van der Waals surface area (Å²) in [5.41, 5.74) is -1.55. The van der Waals surface area contributed by atoms with Gasteiger partial charge < -0.3 is 0 Å². The molecule has 0 aliphatic carbocycles. The average Bonchev–Trinajstić information content (AvgIpc) is 2.26. The monoisotopic (exact) mass is 238 g/mol. The van der Waals surface area contributed by atoms with E-state index in [1.54, 1.807) is 0 Å². The van der Waals surface area contributed by atoms with Gasteiger partial charge in [-0.2, -0.15) is 5.26 Å². The molecule has 16 heavy (non-hydrogen) atoms. The first kappa shape index (κ1) is 11.8. The largest absolute Gasteiger partial charge is 0.299 e. The second kappa shape index (κ2) is 4.51. The molecule has 0 aliphatic heterocycles. The van der Waals surface area contributed by atoms with Crippen LogP contribution in [0.5, 0.6) is 0 Å². The van der Waals surface area contributed by atoms with Crippen LogP contribution in [0.25, 0.3) is 0 Å². The van der Waals surface area contributed by atoms with E-state index in [-0.39, 0.29) is 11.1 Å². The lowest BCUT2D eigenvalue weighted by Gasteiger charge is -2.00. The summed E-state index contributed by atoms with van der Waals surface area (Å²) in [6.07, 6.45) is 0.369. The van der Waals surface area contributed by atoms with Gasteiger partial charge in [0.15, 0.2) is 0 Å². The first-order valence-electron chi connectivity index (χ1n) is 3.88. The van der Waals surface area contributed by atoms with Crippen LogP contribution >= 0.6 is 11.6 Å². The number of carbonyl (C=O) groups is 2. The van der Waals surface area contributed by atoms with Gasteiger partial charge in [0.1, 0.15) is 23.5 Å². The summed E-state index contributed by atoms with van der Waals surface area (Å²) in [5.74, 6) is 0. The molecule has 0 radical (unpaired) electrons. The van der Waals surface area contributed by atoms with Gasteiger partial charge in [-0.05, 0) is 23.7 Å². The third kappa shape index (κ3) is 2.04. The first-order chi connectivity index (χ1) is 7.51. The summed E-state index contributed by atoms with van der Waals surface area (Å²) >= 11 is 5.14. The summed E-state index contributed by atoms with van der Waals surface area (Å²) < 4.78 is 0. The summed E-state index contributed by atoms with van der Waals surface area (Å²) in [4.78, 5) is 31.2. The molecule has 0 bridgehead atoms. The number of nitriles is 1. The molecule has 6 nitrogen and oxygen atoms in total. The van der Waals surface area contributed by atoms with Gasteiger partial charge >= 0.3 is 0 Å². The molecule has 0 aliphatic rings. The number of benzene rings is 1. The van der Waals surface area contributed by atoms with Crippen LogP contribution in [-0.4, -0.2) is 16.5 Å². The number of nitro benzene ring substituents is 1. The summed E-state index contributed by atoms with van der Waals surface area (Å²) in [5, 5.41) is 18.2. The molecular formula is C9H3ClN2O4. The highest BCUT2D eigenvalue weighted by molar-refractivity contribution is 6.68. The van der Waals surface area contributed by atoms with Crippen molar-refractivity contribution in [3.63, 3.8) is 0 Å². The summed E-state index contributed by atoms with van der Waals surface area (Å²) in [6, 6.07) is 3.53. The Balaban J connectivity index is 3.68. The second-order valence-electron chi connectivity index (χ2n) is 2.73. The molecule has 0 unspecified atom stereocenters. The van der Waals surface area contributed by atoms with E-state index in [1.807, 2.05) is 0 Å². The van der Waals surface area contributed by atoms with Crippen LogP contribution in [0.15, 0.2) is 12.1 Å². The van der Waals surface area contributed by atoms with Gasteiger partial charge in [-0.15, -0.1) is 0 Å². The number of hydrogen-bond acceptors (Lipinski definition) is 5. The van der Waals surface area contributed by atoms with Gasteiger partial charge in [0.2, 0.25) is 0 Å². The number of aldehydes is 1. The molecule has 0 saturated heterocycles. The van der Waals surface area contributed by atoms with Crippen molar-refractivity contribution in [3.8, 4) is 6.07 Å². The number of halogens is 1. The summed E-state index contributed by atoms with van der Waals surface area (Å²) in [7, 11) is 0. The van der Waals surface area contributed by atoms with Crippen LogP contribution in [-0.2, 0) is 0 Å². The Morgan fingerprint density at radius 3 is 2.56 bits per heavy atom. The van der Waals surface area contributed by atoms with E-state index in [1.165, 1.54) is 6.07 Å². The standard InChI is InChI=1S/C9H3ClN2O4/c10-9(14)7-2-5(4-13)1-6(3-11)8(7)12(15)16/h1-2,4H. The van der Waals surface area contributed by atoms with Gasteiger partial charge in [-0.3, -0.25) is 19.7 Å². The highest BCUT2D eigenvalue weighted by Gasteiger charge is 2.24. The fourth-order valence-electron chi connectivity index (χ4n) is 1.16. The van der Waals surface area contributed by atoms with Crippen LogP contribution in [0.4, 0.5) is 5.69 Å². The van der Waals surface area contributed by atoms with Crippen molar-refractivity contribution in [2.24, 2.45) is 0 Å². The van der Waals surface area contributed by atoms with E-state index < -0.39 is 21.4 Å². The van der Waals surface area contributed by atoms with E-state index in [0.29, 0.717) is 6.29 Å². The average molecular weight is 239 g/mol. The zero-order valence-corrected chi connectivity index (χ0v) is 8.39. The fraction of sp³-hybridized carbons (Fsp3) is 0. The van der Waals surface area contributed by atoms with Gasteiger partial charge in [0.05, 0.1) is 4.92 Å². The van der Waals surface area contributed by atoms with Gasteiger partial charge in [-0.25, -0.2) is 0 Å². The highest BCUT2D eigenvalue weighted by atomic mass is 35.5. The molecule has 80 valence electrons. The Labute approximate surface area is 94.2 Å². The van der Waals surface area contributed by atoms with Crippen molar-refractivity contribution in [1.29, 1.82) is 5.26 Å². The van der Waals surface area contributed by atoms with Crippen LogP contribution in [0, 0.1) is 21.4 Å². The lowest BCUT2D eigenvalue weighted by atomic mass is 10.0. The maximum Gasteiger partial charge on any atom is 0.299 e. The molecule has 1 aromatic rings. The molecule has 0 saturated carbocycles. The van der Waals surface area contributed by atoms with Crippen molar-refractivity contribution in [1.82, 2.24) is 0 Å². The zero-order valence-electron chi connectivity index (χ0n) is 7.64. The highest BCUT2D eigenvalue weighted by Crippen LogP contribution is 2.26. The van der Waals surface area contributed by atoms with Crippen LogP contribution < -0.4 is 0 Å². The first-order valence-corrected chi connectivity index (χ1v) is 4.26. The second-order valence-corrected chi connectivity index (χ2v) is 3.07. The fourth-order valence-corrected chi connectivity index (χ4v) is 1.30. The number of rotatable bonds is 3. The maximum absolute atomic E-state index is 10.9. The molecule has 0 atom stereocenters. The lowest BCUT2D eigenvalue weighted by molar-refractivity contribution is -0.385. The Bertz CT molecular complexity index is 533. The Morgan fingerprint density at radius 2 is 2.19 bits per heavy atom. The lowest BCUT2D eigenvalue weighted by Crippen LogP contribution is -2.03.